The zero-order chi connectivity index (χ0) is 24.2. The van der Waals surface area contributed by atoms with E-state index in [2.05, 4.69) is 17.1 Å². The quantitative estimate of drug-likeness (QED) is 0.255. The summed E-state index contributed by atoms with van der Waals surface area (Å²) >= 11 is 6.21. The van der Waals surface area contributed by atoms with Gasteiger partial charge in [-0.1, -0.05) is 24.3 Å². The van der Waals surface area contributed by atoms with Gasteiger partial charge in [0.1, 0.15) is 6.61 Å². The molecule has 176 valence electrons. The Bertz CT molecular complexity index is 1020. The fourth-order valence-electron chi connectivity index (χ4n) is 2.61. The Morgan fingerprint density at radius 2 is 1.79 bits per heavy atom. The number of nitrogens with zero attached hydrogens (tertiary/aromatic N) is 1. The van der Waals surface area contributed by atoms with E-state index in [1.807, 2.05) is 6.92 Å². The summed E-state index contributed by atoms with van der Waals surface area (Å²) in [6.07, 6.45) is 2.98. The Hall–Kier alpha value is -3.72. The van der Waals surface area contributed by atoms with E-state index >= 15 is 0 Å². The first kappa shape index (κ1) is 25.5. The molecule has 0 atom stereocenters. The summed E-state index contributed by atoms with van der Waals surface area (Å²) in [6, 6.07) is 7.87. The van der Waals surface area contributed by atoms with Gasteiger partial charge >= 0.3 is 5.97 Å². The zero-order valence-electron chi connectivity index (χ0n) is 18.3. The van der Waals surface area contributed by atoms with E-state index < -0.39 is 18.5 Å². The van der Waals surface area contributed by atoms with Crippen molar-refractivity contribution in [3.63, 3.8) is 0 Å². The molecule has 0 aromatic heterocycles. The third-order valence-corrected chi connectivity index (χ3v) is 4.19. The molecule has 2 N–H and O–H groups in total. The van der Waals surface area contributed by atoms with Gasteiger partial charge in [0, 0.05) is 5.56 Å². The first-order valence-corrected chi connectivity index (χ1v) is 10.4. The van der Waals surface area contributed by atoms with Gasteiger partial charge in [-0.2, -0.15) is 5.10 Å². The maximum Gasteiger partial charge on any atom is 0.341 e. The van der Waals surface area contributed by atoms with Gasteiger partial charge in [0.2, 0.25) is 0 Å². The summed E-state index contributed by atoms with van der Waals surface area (Å²) in [5, 5.41) is 12.9. The highest BCUT2D eigenvalue weighted by molar-refractivity contribution is 6.32. The van der Waals surface area contributed by atoms with E-state index in [4.69, 9.17) is 35.7 Å². The molecule has 0 bridgehead atoms. The lowest BCUT2D eigenvalue weighted by Gasteiger charge is -2.13. The highest BCUT2D eigenvalue weighted by Crippen LogP contribution is 2.36. The number of carbonyl (C=O) groups is 2. The highest BCUT2D eigenvalue weighted by atomic mass is 35.5. The molecule has 0 saturated carbocycles. The SMILES string of the molecule is C=CCOc1ccc(C(=O)N/N=C/c2cc(Cl)c(OCC(=O)O)c(OCC)c2)cc1OCC. The molecule has 0 spiro atoms. The summed E-state index contributed by atoms with van der Waals surface area (Å²) in [5.74, 6) is -0.296. The van der Waals surface area contributed by atoms with Crippen LogP contribution in [0.5, 0.6) is 23.0 Å². The van der Waals surface area contributed by atoms with Gasteiger partial charge in [0.05, 0.1) is 24.5 Å². The van der Waals surface area contributed by atoms with Crippen LogP contribution in [-0.2, 0) is 4.79 Å². The van der Waals surface area contributed by atoms with E-state index in [1.165, 1.54) is 12.3 Å². The Morgan fingerprint density at radius 1 is 1.06 bits per heavy atom. The Morgan fingerprint density at radius 3 is 2.45 bits per heavy atom. The standard InChI is InChI=1S/C23H25ClN2O7/c1-4-9-32-18-8-7-16(12-19(18)30-5-2)23(29)26-25-13-15-10-17(24)22(33-14-21(27)28)20(11-15)31-6-3/h4,7-8,10-13H,1,5-6,9,14H2,2-3H3,(H,26,29)(H,27,28)/b25-13+. The molecule has 0 aliphatic rings. The third-order valence-electron chi connectivity index (χ3n) is 3.91. The summed E-state index contributed by atoms with van der Waals surface area (Å²) in [6.45, 7) is 7.66. The molecule has 2 rings (SSSR count). The molecular formula is C23H25ClN2O7. The van der Waals surface area contributed by atoms with Gasteiger partial charge in [0.15, 0.2) is 29.6 Å². The topological polar surface area (TPSA) is 116 Å². The van der Waals surface area contributed by atoms with Crippen LogP contribution >= 0.6 is 11.6 Å². The minimum Gasteiger partial charge on any atom is -0.490 e. The van der Waals surface area contributed by atoms with Crippen molar-refractivity contribution in [1.82, 2.24) is 5.43 Å². The lowest BCUT2D eigenvalue weighted by atomic mass is 10.2. The molecule has 0 radical (unpaired) electrons. The smallest absolute Gasteiger partial charge is 0.341 e. The van der Waals surface area contributed by atoms with Crippen molar-refractivity contribution in [2.24, 2.45) is 5.10 Å². The van der Waals surface area contributed by atoms with Crippen LogP contribution in [0.15, 0.2) is 48.1 Å². The summed E-state index contributed by atoms with van der Waals surface area (Å²) in [5.41, 5.74) is 3.26. The van der Waals surface area contributed by atoms with Crippen molar-refractivity contribution >= 4 is 29.7 Å². The monoisotopic (exact) mass is 476 g/mol. The maximum atomic E-state index is 12.5. The van der Waals surface area contributed by atoms with Crippen LogP contribution in [-0.4, -0.2) is 49.6 Å². The molecular weight excluding hydrogens is 452 g/mol. The molecule has 33 heavy (non-hydrogen) atoms. The molecule has 2 aromatic rings. The van der Waals surface area contributed by atoms with Crippen molar-refractivity contribution < 1.29 is 33.6 Å². The predicted molar refractivity (Wildman–Crippen MR) is 124 cm³/mol. The number of aliphatic carboxylic acids is 1. The average molecular weight is 477 g/mol. The second-order valence-corrected chi connectivity index (χ2v) is 6.75. The van der Waals surface area contributed by atoms with Crippen molar-refractivity contribution in [2.75, 3.05) is 26.4 Å². The molecule has 0 heterocycles. The van der Waals surface area contributed by atoms with Crippen molar-refractivity contribution in [1.29, 1.82) is 0 Å². The summed E-state index contributed by atoms with van der Waals surface area (Å²) in [7, 11) is 0. The number of carbonyl (C=O) groups excluding carboxylic acids is 1. The lowest BCUT2D eigenvalue weighted by molar-refractivity contribution is -0.139. The van der Waals surface area contributed by atoms with Crippen molar-refractivity contribution in [2.45, 2.75) is 13.8 Å². The minimum atomic E-state index is -1.14. The van der Waals surface area contributed by atoms with Crippen LogP contribution in [0, 0.1) is 0 Å². The van der Waals surface area contributed by atoms with E-state index in [1.54, 1.807) is 37.3 Å². The third kappa shape index (κ3) is 7.73. The van der Waals surface area contributed by atoms with Gasteiger partial charge in [-0.25, -0.2) is 10.2 Å². The molecule has 0 aliphatic carbocycles. The van der Waals surface area contributed by atoms with E-state index in [0.29, 0.717) is 42.4 Å². The van der Waals surface area contributed by atoms with Gasteiger partial charge in [-0.3, -0.25) is 4.79 Å². The van der Waals surface area contributed by atoms with Crippen LogP contribution < -0.4 is 24.4 Å². The van der Waals surface area contributed by atoms with E-state index in [0.717, 1.165) is 0 Å². The number of carboxylic acid groups (broad SMARTS) is 1. The number of halogens is 1. The number of carboxylic acids is 1. The molecule has 0 aliphatic heterocycles. The van der Waals surface area contributed by atoms with E-state index in [9.17, 15) is 9.59 Å². The average Bonchev–Trinajstić information content (AvgIpc) is 2.77. The van der Waals surface area contributed by atoms with Gasteiger partial charge in [0.25, 0.3) is 5.91 Å². The molecule has 0 fully saturated rings. The molecule has 1 amide bonds. The maximum absolute atomic E-state index is 12.5. The minimum absolute atomic E-state index is 0.115. The summed E-state index contributed by atoms with van der Waals surface area (Å²) < 4.78 is 21.7. The zero-order valence-corrected chi connectivity index (χ0v) is 19.1. The van der Waals surface area contributed by atoms with Gasteiger partial charge in [-0.05, 0) is 49.7 Å². The van der Waals surface area contributed by atoms with Crippen LogP contribution in [0.2, 0.25) is 5.02 Å². The fourth-order valence-corrected chi connectivity index (χ4v) is 2.89. The number of hydrogen-bond acceptors (Lipinski definition) is 7. The van der Waals surface area contributed by atoms with E-state index in [-0.39, 0.29) is 16.5 Å². The highest BCUT2D eigenvalue weighted by Gasteiger charge is 2.14. The van der Waals surface area contributed by atoms with Gasteiger partial charge in [-0.15, -0.1) is 0 Å². The van der Waals surface area contributed by atoms with Gasteiger partial charge < -0.3 is 24.1 Å². The largest absolute Gasteiger partial charge is 0.490 e. The van der Waals surface area contributed by atoms with Crippen LogP contribution in [0.25, 0.3) is 0 Å². The molecule has 2 aromatic carbocycles. The molecule has 10 heteroatoms. The first-order chi connectivity index (χ1) is 15.9. The number of rotatable bonds is 13. The lowest BCUT2D eigenvalue weighted by Crippen LogP contribution is -2.18. The van der Waals surface area contributed by atoms with Crippen LogP contribution in [0.4, 0.5) is 0 Å². The first-order valence-electron chi connectivity index (χ1n) is 10.0. The fraction of sp³-hybridized carbons (Fsp3) is 0.261. The Labute approximate surface area is 196 Å². The van der Waals surface area contributed by atoms with Crippen LogP contribution in [0.1, 0.15) is 29.8 Å². The number of nitrogens with one attached hydrogen (secondary N) is 1. The number of benzene rings is 2. The predicted octanol–water partition coefficient (Wildman–Crippen LogP) is 3.93. The molecule has 9 nitrogen and oxygen atoms in total. The second kappa shape index (κ2) is 13.0. The Kier molecular flexibility index (Phi) is 10.0. The normalized spacial score (nSPS) is 10.5. The van der Waals surface area contributed by atoms with Crippen LogP contribution in [0.3, 0.4) is 0 Å². The number of hydrogen-bond donors (Lipinski definition) is 2. The number of ether oxygens (including phenoxy) is 4. The summed E-state index contributed by atoms with van der Waals surface area (Å²) in [4.78, 5) is 23.3. The second-order valence-electron chi connectivity index (χ2n) is 6.34. The van der Waals surface area contributed by atoms with Crippen molar-refractivity contribution in [3.8, 4) is 23.0 Å². The number of hydrazone groups is 1. The number of amides is 1. The Balaban J connectivity index is 2.15. The molecule has 0 saturated heterocycles. The van der Waals surface area contributed by atoms with Crippen molar-refractivity contribution in [3.05, 3.63) is 59.1 Å². The molecule has 0 unspecified atom stereocenters.